The first-order chi connectivity index (χ1) is 9.85. The van der Waals surface area contributed by atoms with Gasteiger partial charge in [0.05, 0.1) is 22.0 Å². The van der Waals surface area contributed by atoms with Gasteiger partial charge in [0.15, 0.2) is 9.84 Å². The molecule has 0 amide bonds. The summed E-state index contributed by atoms with van der Waals surface area (Å²) in [5.74, 6) is -1.12. The molecule has 21 heavy (non-hydrogen) atoms. The Hall–Kier alpha value is -2.10. The Labute approximate surface area is 126 Å². The van der Waals surface area contributed by atoms with E-state index in [1.165, 1.54) is 24.3 Å². The Balaban J connectivity index is 2.46. The number of rotatable bonds is 3. The van der Waals surface area contributed by atoms with Crippen molar-refractivity contribution in [1.82, 2.24) is 0 Å². The van der Waals surface area contributed by atoms with Crippen LogP contribution < -0.4 is 5.73 Å². The fourth-order valence-electron chi connectivity index (χ4n) is 1.89. The van der Waals surface area contributed by atoms with E-state index in [0.29, 0.717) is 0 Å². The molecule has 0 atom stereocenters. The van der Waals surface area contributed by atoms with Gasteiger partial charge in [0.25, 0.3) is 0 Å². The summed E-state index contributed by atoms with van der Waals surface area (Å²) in [5, 5.41) is 8.79. The Morgan fingerprint density at radius 1 is 1.29 bits per heavy atom. The van der Waals surface area contributed by atoms with E-state index in [1.54, 1.807) is 12.1 Å². The molecule has 0 saturated heterocycles. The molecule has 0 unspecified atom stereocenters. The number of halogens is 2. The first-order valence-corrected chi connectivity index (χ1v) is 7.83. The highest BCUT2D eigenvalue weighted by molar-refractivity contribution is 7.91. The molecule has 2 N–H and O–H groups in total. The van der Waals surface area contributed by atoms with Gasteiger partial charge in [0.2, 0.25) is 0 Å². The fourth-order valence-corrected chi connectivity index (χ4v) is 3.98. The molecule has 0 aliphatic carbocycles. The van der Waals surface area contributed by atoms with Crippen molar-refractivity contribution < 1.29 is 12.8 Å². The van der Waals surface area contributed by atoms with E-state index in [-0.39, 0.29) is 26.7 Å². The predicted molar refractivity (Wildman–Crippen MR) is 77.9 cm³/mol. The van der Waals surface area contributed by atoms with Gasteiger partial charge < -0.3 is 5.73 Å². The highest BCUT2D eigenvalue weighted by atomic mass is 35.5. The molecule has 2 rings (SSSR count). The zero-order valence-corrected chi connectivity index (χ0v) is 12.2. The minimum Gasteiger partial charge on any atom is -0.398 e. The van der Waals surface area contributed by atoms with Crippen molar-refractivity contribution in [2.45, 2.75) is 10.6 Å². The van der Waals surface area contributed by atoms with Crippen LogP contribution in [0, 0.1) is 17.1 Å². The summed E-state index contributed by atoms with van der Waals surface area (Å²) in [6, 6.07) is 9.62. The van der Waals surface area contributed by atoms with Gasteiger partial charge in [0.1, 0.15) is 16.8 Å². The zero-order chi connectivity index (χ0) is 15.6. The van der Waals surface area contributed by atoms with Gasteiger partial charge in [-0.15, -0.1) is 0 Å². The van der Waals surface area contributed by atoms with Gasteiger partial charge in [-0.2, -0.15) is 5.26 Å². The molecule has 0 spiro atoms. The van der Waals surface area contributed by atoms with Crippen LogP contribution in [0.4, 0.5) is 10.1 Å². The summed E-state index contributed by atoms with van der Waals surface area (Å²) in [6.45, 7) is 0. The minimum atomic E-state index is -3.80. The van der Waals surface area contributed by atoms with Crippen LogP contribution in [0.2, 0.25) is 5.02 Å². The number of hydrogen-bond acceptors (Lipinski definition) is 4. The second-order valence-electron chi connectivity index (χ2n) is 4.34. The lowest BCUT2D eigenvalue weighted by molar-refractivity contribution is 0.595. The first-order valence-electron chi connectivity index (χ1n) is 5.80. The summed E-state index contributed by atoms with van der Waals surface area (Å²) in [7, 11) is -3.80. The summed E-state index contributed by atoms with van der Waals surface area (Å²) < 4.78 is 38.0. The molecule has 0 radical (unpaired) electrons. The Morgan fingerprint density at radius 3 is 2.62 bits per heavy atom. The van der Waals surface area contributed by atoms with E-state index in [0.717, 1.165) is 6.07 Å². The van der Waals surface area contributed by atoms with Gasteiger partial charge in [-0.3, -0.25) is 0 Å². The molecular weight excluding hydrogens is 315 g/mol. The number of nitrogen functional groups attached to an aromatic ring is 1. The molecule has 4 nitrogen and oxygen atoms in total. The van der Waals surface area contributed by atoms with Crippen molar-refractivity contribution in [3.63, 3.8) is 0 Å². The minimum absolute atomic E-state index is 0.0256. The monoisotopic (exact) mass is 324 g/mol. The second kappa shape index (κ2) is 5.72. The zero-order valence-electron chi connectivity index (χ0n) is 10.7. The standard InChI is InChI=1S/C14H10ClFN2O2S/c15-11-2-1-3-13(18)14(11)21(19,20)8-9-4-5-12(16)10(6-9)7-17/h1-6H,8,18H2. The van der Waals surface area contributed by atoms with Crippen LogP contribution in [-0.2, 0) is 15.6 Å². The highest BCUT2D eigenvalue weighted by Gasteiger charge is 2.22. The molecule has 0 aliphatic rings. The maximum absolute atomic E-state index is 13.2. The Kier molecular flexibility index (Phi) is 4.16. The summed E-state index contributed by atoms with van der Waals surface area (Å²) in [5.41, 5.74) is 5.78. The normalized spacial score (nSPS) is 11.1. The van der Waals surface area contributed by atoms with Crippen LogP contribution in [0.15, 0.2) is 41.3 Å². The number of nitriles is 1. The van der Waals surface area contributed by atoms with Crippen molar-refractivity contribution in [1.29, 1.82) is 5.26 Å². The van der Waals surface area contributed by atoms with E-state index in [2.05, 4.69) is 0 Å². The molecule has 0 heterocycles. The smallest absolute Gasteiger partial charge is 0.186 e. The maximum atomic E-state index is 13.2. The summed E-state index contributed by atoms with van der Waals surface area (Å²) in [6.07, 6.45) is 0. The Bertz CT molecular complexity index is 824. The number of nitrogens with zero attached hydrogens (tertiary/aromatic N) is 1. The lowest BCUT2D eigenvalue weighted by atomic mass is 10.1. The van der Waals surface area contributed by atoms with Gasteiger partial charge in [0, 0.05) is 0 Å². The molecule has 2 aromatic carbocycles. The SMILES string of the molecule is N#Cc1cc(CS(=O)(=O)c2c(N)cccc2Cl)ccc1F. The van der Waals surface area contributed by atoms with Gasteiger partial charge in [-0.1, -0.05) is 23.7 Å². The lowest BCUT2D eigenvalue weighted by Gasteiger charge is -2.09. The molecule has 108 valence electrons. The van der Waals surface area contributed by atoms with Gasteiger partial charge >= 0.3 is 0 Å². The largest absolute Gasteiger partial charge is 0.398 e. The quantitative estimate of drug-likeness (QED) is 0.880. The number of hydrogen-bond donors (Lipinski definition) is 1. The predicted octanol–water partition coefficient (Wildman–Crippen LogP) is 2.91. The van der Waals surface area contributed by atoms with Crippen LogP contribution >= 0.6 is 11.6 Å². The van der Waals surface area contributed by atoms with Crippen molar-refractivity contribution in [2.75, 3.05) is 5.73 Å². The summed E-state index contributed by atoms with van der Waals surface area (Å²) >= 11 is 5.89. The first kappa shape index (κ1) is 15.3. The molecule has 2 aromatic rings. The lowest BCUT2D eigenvalue weighted by Crippen LogP contribution is -2.09. The maximum Gasteiger partial charge on any atom is 0.186 e. The average Bonchev–Trinajstić information content (AvgIpc) is 2.40. The highest BCUT2D eigenvalue weighted by Crippen LogP contribution is 2.30. The summed E-state index contributed by atoms with van der Waals surface area (Å²) in [4.78, 5) is -0.158. The molecule has 0 bridgehead atoms. The van der Waals surface area contributed by atoms with E-state index < -0.39 is 21.4 Å². The van der Waals surface area contributed by atoms with E-state index in [4.69, 9.17) is 22.6 Å². The molecule has 0 fully saturated rings. The molecule has 0 saturated carbocycles. The fraction of sp³-hybridized carbons (Fsp3) is 0.0714. The van der Waals surface area contributed by atoms with Crippen LogP contribution in [-0.4, -0.2) is 8.42 Å². The molecular formula is C14H10ClFN2O2S. The van der Waals surface area contributed by atoms with Crippen LogP contribution in [0.5, 0.6) is 0 Å². The van der Waals surface area contributed by atoms with Crippen molar-refractivity contribution in [3.8, 4) is 6.07 Å². The topological polar surface area (TPSA) is 84.0 Å². The number of anilines is 1. The molecule has 7 heteroatoms. The van der Waals surface area contributed by atoms with E-state index >= 15 is 0 Å². The average molecular weight is 325 g/mol. The number of nitrogens with two attached hydrogens (primary N) is 1. The van der Waals surface area contributed by atoms with Crippen molar-refractivity contribution in [3.05, 3.63) is 58.4 Å². The van der Waals surface area contributed by atoms with Gasteiger partial charge in [-0.05, 0) is 29.8 Å². The number of benzene rings is 2. The molecule has 0 aromatic heterocycles. The third kappa shape index (κ3) is 3.15. The van der Waals surface area contributed by atoms with E-state index in [9.17, 15) is 12.8 Å². The van der Waals surface area contributed by atoms with Crippen LogP contribution in [0.1, 0.15) is 11.1 Å². The second-order valence-corrected chi connectivity index (χ2v) is 6.68. The van der Waals surface area contributed by atoms with Crippen LogP contribution in [0.3, 0.4) is 0 Å². The van der Waals surface area contributed by atoms with Crippen molar-refractivity contribution >= 4 is 27.1 Å². The van der Waals surface area contributed by atoms with Crippen molar-refractivity contribution in [2.24, 2.45) is 0 Å². The van der Waals surface area contributed by atoms with Gasteiger partial charge in [-0.25, -0.2) is 12.8 Å². The Morgan fingerprint density at radius 2 is 2.00 bits per heavy atom. The van der Waals surface area contributed by atoms with Crippen LogP contribution in [0.25, 0.3) is 0 Å². The molecule has 0 aliphatic heterocycles. The third-order valence-corrected chi connectivity index (χ3v) is 5.03. The third-order valence-electron chi connectivity index (χ3n) is 2.82. The van der Waals surface area contributed by atoms with E-state index in [1.807, 2.05) is 0 Å². The number of sulfone groups is 1.